The molecule has 0 aromatic heterocycles. The van der Waals surface area contributed by atoms with Crippen LogP contribution >= 0.6 is 23.2 Å². The minimum atomic E-state index is -0.768. The van der Waals surface area contributed by atoms with Crippen molar-refractivity contribution in [2.75, 3.05) is 13.2 Å². The average molecular weight is 306 g/mol. The highest BCUT2D eigenvalue weighted by atomic mass is 35.5. The molecule has 1 aliphatic heterocycles. The van der Waals surface area contributed by atoms with Crippen LogP contribution in [0.2, 0.25) is 10.0 Å². The van der Waals surface area contributed by atoms with E-state index in [0.717, 1.165) is 19.3 Å². The van der Waals surface area contributed by atoms with Gasteiger partial charge in [-0.15, -0.1) is 0 Å². The Labute approximate surface area is 120 Å². The fourth-order valence-corrected chi connectivity index (χ4v) is 2.22. The van der Waals surface area contributed by atoms with E-state index in [4.69, 9.17) is 32.7 Å². The molecule has 0 N–H and O–H groups in total. The van der Waals surface area contributed by atoms with Gasteiger partial charge in [-0.2, -0.15) is 0 Å². The van der Waals surface area contributed by atoms with E-state index in [1.807, 2.05) is 0 Å². The first-order valence-electron chi connectivity index (χ1n) is 5.96. The Bertz CT molecular complexity index is 473. The van der Waals surface area contributed by atoms with E-state index in [2.05, 4.69) is 0 Å². The summed E-state index contributed by atoms with van der Waals surface area (Å²) < 4.78 is 11.1. The summed E-state index contributed by atoms with van der Waals surface area (Å²) in [4.78, 5) is 10.6. The molecule has 1 heterocycles. The van der Waals surface area contributed by atoms with E-state index in [0.29, 0.717) is 18.8 Å². The summed E-state index contributed by atoms with van der Waals surface area (Å²) in [6, 6.07) is 2.67. The SMILES string of the molecule is O=[N+]([O-])c1cc(Cl)c(Cl)cc1C1OCCCCCO1. The van der Waals surface area contributed by atoms with Gasteiger partial charge in [0.25, 0.3) is 5.69 Å². The van der Waals surface area contributed by atoms with Crippen molar-refractivity contribution in [1.82, 2.24) is 0 Å². The average Bonchev–Trinajstić information content (AvgIpc) is 2.32. The smallest absolute Gasteiger partial charge is 0.279 e. The van der Waals surface area contributed by atoms with Gasteiger partial charge in [-0.25, -0.2) is 0 Å². The molecule has 0 unspecified atom stereocenters. The molecular formula is C12H13Cl2NO4. The van der Waals surface area contributed by atoms with Crippen LogP contribution in [0.15, 0.2) is 12.1 Å². The van der Waals surface area contributed by atoms with Gasteiger partial charge in [-0.3, -0.25) is 10.1 Å². The monoisotopic (exact) mass is 305 g/mol. The fourth-order valence-electron chi connectivity index (χ4n) is 1.89. The summed E-state index contributed by atoms with van der Waals surface area (Å²) >= 11 is 11.7. The first-order chi connectivity index (χ1) is 9.09. The van der Waals surface area contributed by atoms with Gasteiger partial charge in [-0.1, -0.05) is 23.2 Å². The van der Waals surface area contributed by atoms with E-state index in [1.54, 1.807) is 0 Å². The van der Waals surface area contributed by atoms with Crippen LogP contribution in [0.1, 0.15) is 31.1 Å². The maximum absolute atomic E-state index is 11.1. The number of hydrogen-bond acceptors (Lipinski definition) is 4. The lowest BCUT2D eigenvalue weighted by molar-refractivity contribution is -0.387. The molecule has 0 amide bonds. The molecule has 0 saturated carbocycles. The second-order valence-corrected chi connectivity index (χ2v) is 5.03. The molecule has 0 radical (unpaired) electrons. The van der Waals surface area contributed by atoms with Crippen molar-refractivity contribution in [3.05, 3.63) is 37.9 Å². The zero-order chi connectivity index (χ0) is 13.8. The fraction of sp³-hybridized carbons (Fsp3) is 0.500. The first kappa shape index (κ1) is 14.5. The highest BCUT2D eigenvalue weighted by Crippen LogP contribution is 2.36. The molecule has 0 atom stereocenters. The number of nitro groups is 1. The molecule has 19 heavy (non-hydrogen) atoms. The third-order valence-corrected chi connectivity index (χ3v) is 3.57. The maximum Gasteiger partial charge on any atom is 0.279 e. The topological polar surface area (TPSA) is 61.6 Å². The Kier molecular flexibility index (Phi) is 4.99. The van der Waals surface area contributed by atoms with Crippen LogP contribution in [0.25, 0.3) is 0 Å². The van der Waals surface area contributed by atoms with Gasteiger partial charge in [0.05, 0.1) is 33.7 Å². The first-order valence-corrected chi connectivity index (χ1v) is 6.71. The minimum Gasteiger partial charge on any atom is -0.348 e. The Morgan fingerprint density at radius 2 is 1.68 bits per heavy atom. The normalized spacial score (nSPS) is 17.8. The molecular weight excluding hydrogens is 293 g/mol. The van der Waals surface area contributed by atoms with Crippen molar-refractivity contribution in [1.29, 1.82) is 0 Å². The summed E-state index contributed by atoms with van der Waals surface area (Å²) in [5.41, 5.74) is 0.168. The van der Waals surface area contributed by atoms with Gasteiger partial charge in [0, 0.05) is 6.07 Å². The van der Waals surface area contributed by atoms with Crippen LogP contribution in [-0.2, 0) is 9.47 Å². The second-order valence-electron chi connectivity index (χ2n) is 4.22. The van der Waals surface area contributed by atoms with Gasteiger partial charge in [-0.05, 0) is 25.3 Å². The summed E-state index contributed by atoms with van der Waals surface area (Å²) in [7, 11) is 0. The number of hydrogen-bond donors (Lipinski definition) is 0. The Balaban J connectivity index is 2.35. The van der Waals surface area contributed by atoms with Crippen LogP contribution in [0, 0.1) is 10.1 Å². The maximum atomic E-state index is 11.1. The van der Waals surface area contributed by atoms with E-state index in [-0.39, 0.29) is 15.7 Å². The Morgan fingerprint density at radius 1 is 1.11 bits per heavy atom. The lowest BCUT2D eigenvalue weighted by Crippen LogP contribution is -2.15. The molecule has 1 saturated heterocycles. The number of ether oxygens (including phenoxy) is 2. The van der Waals surface area contributed by atoms with Crippen molar-refractivity contribution in [3.8, 4) is 0 Å². The van der Waals surface area contributed by atoms with E-state index in [9.17, 15) is 10.1 Å². The van der Waals surface area contributed by atoms with Crippen molar-refractivity contribution in [2.24, 2.45) is 0 Å². The zero-order valence-corrected chi connectivity index (χ0v) is 11.6. The summed E-state index contributed by atoms with van der Waals surface area (Å²) in [5.74, 6) is 0. The summed E-state index contributed by atoms with van der Waals surface area (Å²) in [6.45, 7) is 1.00. The number of benzene rings is 1. The molecule has 1 aromatic carbocycles. The van der Waals surface area contributed by atoms with Crippen LogP contribution < -0.4 is 0 Å². The second kappa shape index (κ2) is 6.52. The number of rotatable bonds is 2. The van der Waals surface area contributed by atoms with Crippen molar-refractivity contribution < 1.29 is 14.4 Å². The predicted molar refractivity (Wildman–Crippen MR) is 71.6 cm³/mol. The van der Waals surface area contributed by atoms with Crippen LogP contribution in [0.3, 0.4) is 0 Å². The summed E-state index contributed by atoms with van der Waals surface area (Å²) in [5, 5.41) is 11.5. The van der Waals surface area contributed by atoms with Crippen LogP contribution in [0.5, 0.6) is 0 Å². The number of halogens is 2. The summed E-state index contributed by atoms with van der Waals surface area (Å²) in [6.07, 6.45) is 2.08. The largest absolute Gasteiger partial charge is 0.348 e. The third-order valence-electron chi connectivity index (χ3n) is 2.85. The lowest BCUT2D eigenvalue weighted by Gasteiger charge is -2.21. The van der Waals surface area contributed by atoms with E-state index >= 15 is 0 Å². The molecule has 0 bridgehead atoms. The molecule has 1 aromatic rings. The molecule has 7 heteroatoms. The van der Waals surface area contributed by atoms with Crippen molar-refractivity contribution in [2.45, 2.75) is 25.6 Å². The van der Waals surface area contributed by atoms with Crippen LogP contribution in [-0.4, -0.2) is 18.1 Å². The van der Waals surface area contributed by atoms with Gasteiger partial charge in [0.2, 0.25) is 0 Å². The van der Waals surface area contributed by atoms with E-state index in [1.165, 1.54) is 12.1 Å². The zero-order valence-electron chi connectivity index (χ0n) is 10.1. The van der Waals surface area contributed by atoms with Gasteiger partial charge in [0.15, 0.2) is 6.29 Å². The molecule has 2 rings (SSSR count). The van der Waals surface area contributed by atoms with Gasteiger partial charge < -0.3 is 9.47 Å². The molecule has 0 aliphatic carbocycles. The quantitative estimate of drug-likeness (QED) is 0.609. The number of nitro benzene ring substituents is 1. The minimum absolute atomic E-state index is 0.139. The highest BCUT2D eigenvalue weighted by Gasteiger charge is 2.26. The highest BCUT2D eigenvalue weighted by molar-refractivity contribution is 6.42. The van der Waals surface area contributed by atoms with Crippen molar-refractivity contribution >= 4 is 28.9 Å². The molecule has 0 spiro atoms. The van der Waals surface area contributed by atoms with E-state index < -0.39 is 11.2 Å². The Morgan fingerprint density at radius 3 is 2.26 bits per heavy atom. The van der Waals surface area contributed by atoms with Crippen molar-refractivity contribution in [3.63, 3.8) is 0 Å². The third kappa shape index (κ3) is 3.57. The Hall–Kier alpha value is -0.880. The molecule has 1 aliphatic rings. The van der Waals surface area contributed by atoms with Gasteiger partial charge in [0.1, 0.15) is 0 Å². The lowest BCUT2D eigenvalue weighted by atomic mass is 10.1. The number of nitrogens with zero attached hydrogens (tertiary/aromatic N) is 1. The molecule has 1 fully saturated rings. The standard InChI is InChI=1S/C12H13Cl2NO4/c13-9-6-8(11(15(16)17)7-10(9)14)12-18-4-2-1-3-5-19-12/h6-7,12H,1-5H2. The predicted octanol–water partition coefficient (Wildman–Crippen LogP) is 4.12. The molecule has 5 nitrogen and oxygen atoms in total. The molecule has 104 valence electrons. The van der Waals surface area contributed by atoms with Gasteiger partial charge >= 0.3 is 0 Å². The van der Waals surface area contributed by atoms with Crippen LogP contribution in [0.4, 0.5) is 5.69 Å².